The molecule has 0 aromatic carbocycles. The number of aliphatic carboxylic acids is 1. The van der Waals surface area contributed by atoms with Gasteiger partial charge in [-0.25, -0.2) is 0 Å². The molecule has 17 heavy (non-hydrogen) atoms. The van der Waals surface area contributed by atoms with Crippen LogP contribution >= 0.6 is 0 Å². The highest BCUT2D eigenvalue weighted by molar-refractivity contribution is 5.67. The smallest absolute Gasteiger partial charge is 0.303 e. The predicted octanol–water partition coefficient (Wildman–Crippen LogP) is 1.42. The lowest BCUT2D eigenvalue weighted by Gasteiger charge is -2.30. The van der Waals surface area contributed by atoms with Gasteiger partial charge in [0, 0.05) is 6.54 Å². The van der Waals surface area contributed by atoms with Crippen molar-refractivity contribution in [1.29, 1.82) is 0 Å². The van der Waals surface area contributed by atoms with E-state index in [1.807, 2.05) is 13.8 Å². The van der Waals surface area contributed by atoms with Gasteiger partial charge in [-0.1, -0.05) is 13.8 Å². The second-order valence-electron chi connectivity index (χ2n) is 6.11. The van der Waals surface area contributed by atoms with E-state index in [9.17, 15) is 4.79 Å². The SMILES string of the molecule is CN1CCC(CNCC(C)(C)CC(=O)O)CC1. The largest absolute Gasteiger partial charge is 0.481 e. The van der Waals surface area contributed by atoms with Crippen LogP contribution in [0.5, 0.6) is 0 Å². The number of carboxylic acids is 1. The Bertz CT molecular complexity index is 246. The Morgan fingerprint density at radius 2 is 2.00 bits per heavy atom. The zero-order valence-corrected chi connectivity index (χ0v) is 11.3. The summed E-state index contributed by atoms with van der Waals surface area (Å²) in [5.74, 6) is 0.0444. The summed E-state index contributed by atoms with van der Waals surface area (Å²) < 4.78 is 0. The summed E-state index contributed by atoms with van der Waals surface area (Å²) >= 11 is 0. The van der Waals surface area contributed by atoms with Crippen molar-refractivity contribution in [2.45, 2.75) is 33.1 Å². The molecule has 0 radical (unpaired) electrons. The van der Waals surface area contributed by atoms with Crippen LogP contribution < -0.4 is 5.32 Å². The van der Waals surface area contributed by atoms with Crippen molar-refractivity contribution in [3.63, 3.8) is 0 Å². The fourth-order valence-corrected chi connectivity index (χ4v) is 2.35. The Hall–Kier alpha value is -0.610. The number of carbonyl (C=O) groups is 1. The van der Waals surface area contributed by atoms with Crippen LogP contribution in [0.4, 0.5) is 0 Å². The third-order valence-corrected chi connectivity index (χ3v) is 3.50. The van der Waals surface area contributed by atoms with Crippen LogP contribution in [0.25, 0.3) is 0 Å². The lowest BCUT2D eigenvalue weighted by atomic mass is 9.89. The van der Waals surface area contributed by atoms with Gasteiger partial charge in [-0.2, -0.15) is 0 Å². The first-order chi connectivity index (χ1) is 7.89. The molecular weight excluding hydrogens is 216 g/mol. The summed E-state index contributed by atoms with van der Waals surface area (Å²) in [7, 11) is 2.17. The van der Waals surface area contributed by atoms with Crippen LogP contribution in [0.3, 0.4) is 0 Å². The molecule has 1 aliphatic rings. The molecule has 0 atom stereocenters. The first-order valence-corrected chi connectivity index (χ1v) is 6.50. The molecule has 1 rings (SSSR count). The number of rotatable bonds is 6. The highest BCUT2D eigenvalue weighted by Gasteiger charge is 2.22. The molecule has 1 aliphatic heterocycles. The van der Waals surface area contributed by atoms with Gasteiger partial charge in [0.15, 0.2) is 0 Å². The third kappa shape index (κ3) is 6.03. The summed E-state index contributed by atoms with van der Waals surface area (Å²) in [4.78, 5) is 13.0. The maximum atomic E-state index is 10.7. The van der Waals surface area contributed by atoms with E-state index >= 15 is 0 Å². The monoisotopic (exact) mass is 242 g/mol. The molecule has 0 unspecified atom stereocenters. The average Bonchev–Trinajstić information content (AvgIpc) is 2.18. The number of piperidine rings is 1. The second kappa shape index (κ2) is 6.36. The fraction of sp³-hybridized carbons (Fsp3) is 0.923. The predicted molar refractivity (Wildman–Crippen MR) is 69.1 cm³/mol. The van der Waals surface area contributed by atoms with E-state index in [1.165, 1.54) is 25.9 Å². The maximum absolute atomic E-state index is 10.7. The van der Waals surface area contributed by atoms with Gasteiger partial charge in [0.2, 0.25) is 0 Å². The number of nitrogens with one attached hydrogen (secondary N) is 1. The second-order valence-corrected chi connectivity index (χ2v) is 6.11. The number of hydrogen-bond donors (Lipinski definition) is 2. The molecule has 100 valence electrons. The van der Waals surface area contributed by atoms with E-state index in [0.29, 0.717) is 0 Å². The van der Waals surface area contributed by atoms with Crippen LogP contribution in [0, 0.1) is 11.3 Å². The Labute approximate surface area is 104 Å². The van der Waals surface area contributed by atoms with E-state index in [-0.39, 0.29) is 11.8 Å². The van der Waals surface area contributed by atoms with E-state index in [0.717, 1.165) is 19.0 Å². The van der Waals surface area contributed by atoms with Crippen molar-refractivity contribution in [1.82, 2.24) is 10.2 Å². The topological polar surface area (TPSA) is 52.6 Å². The van der Waals surface area contributed by atoms with Crippen molar-refractivity contribution in [3.8, 4) is 0 Å². The van der Waals surface area contributed by atoms with E-state index in [1.54, 1.807) is 0 Å². The molecule has 4 nitrogen and oxygen atoms in total. The summed E-state index contributed by atoms with van der Waals surface area (Å²) in [6, 6.07) is 0. The highest BCUT2D eigenvalue weighted by Crippen LogP contribution is 2.20. The molecule has 1 heterocycles. The van der Waals surface area contributed by atoms with Gasteiger partial charge in [0.1, 0.15) is 0 Å². The molecule has 0 aromatic rings. The van der Waals surface area contributed by atoms with Gasteiger partial charge in [-0.3, -0.25) is 4.79 Å². The molecule has 0 amide bonds. The first kappa shape index (κ1) is 14.5. The van der Waals surface area contributed by atoms with Gasteiger partial charge in [0.25, 0.3) is 0 Å². The van der Waals surface area contributed by atoms with Gasteiger partial charge >= 0.3 is 5.97 Å². The molecule has 2 N–H and O–H groups in total. The van der Waals surface area contributed by atoms with Crippen LogP contribution in [-0.4, -0.2) is 49.2 Å². The molecule has 4 heteroatoms. The summed E-state index contributed by atoms with van der Waals surface area (Å²) in [6.07, 6.45) is 2.74. The molecule has 0 bridgehead atoms. The molecule has 0 aliphatic carbocycles. The first-order valence-electron chi connectivity index (χ1n) is 6.50. The summed E-state index contributed by atoms with van der Waals surface area (Å²) in [5, 5.41) is 12.2. The Balaban J connectivity index is 2.16. The molecule has 0 saturated carbocycles. The Morgan fingerprint density at radius 1 is 1.41 bits per heavy atom. The lowest BCUT2D eigenvalue weighted by Crippen LogP contribution is -2.38. The molecule has 1 fully saturated rings. The number of carboxylic acid groups (broad SMARTS) is 1. The zero-order chi connectivity index (χ0) is 12.9. The minimum absolute atomic E-state index is 0.155. The summed E-state index contributed by atoms with van der Waals surface area (Å²) in [6.45, 7) is 8.18. The van der Waals surface area contributed by atoms with Crippen molar-refractivity contribution in [2.75, 3.05) is 33.2 Å². The van der Waals surface area contributed by atoms with E-state index in [4.69, 9.17) is 5.11 Å². The minimum atomic E-state index is -0.712. The van der Waals surface area contributed by atoms with Crippen LogP contribution in [0.1, 0.15) is 33.1 Å². The van der Waals surface area contributed by atoms with Crippen LogP contribution in [0.15, 0.2) is 0 Å². The van der Waals surface area contributed by atoms with Gasteiger partial charge < -0.3 is 15.3 Å². The summed E-state index contributed by atoms with van der Waals surface area (Å²) in [5.41, 5.74) is -0.155. The van der Waals surface area contributed by atoms with Crippen molar-refractivity contribution < 1.29 is 9.90 Å². The number of hydrogen-bond acceptors (Lipinski definition) is 3. The van der Waals surface area contributed by atoms with E-state index in [2.05, 4.69) is 17.3 Å². The lowest BCUT2D eigenvalue weighted by molar-refractivity contribution is -0.139. The van der Waals surface area contributed by atoms with Crippen LogP contribution in [-0.2, 0) is 4.79 Å². The maximum Gasteiger partial charge on any atom is 0.303 e. The van der Waals surface area contributed by atoms with Gasteiger partial charge in [0.05, 0.1) is 6.42 Å². The van der Waals surface area contributed by atoms with Crippen molar-refractivity contribution >= 4 is 5.97 Å². The molecule has 1 saturated heterocycles. The molecular formula is C13H26N2O2. The third-order valence-electron chi connectivity index (χ3n) is 3.50. The molecule has 0 aromatic heterocycles. The average molecular weight is 242 g/mol. The number of likely N-dealkylation sites (tertiary alicyclic amines) is 1. The van der Waals surface area contributed by atoms with E-state index < -0.39 is 5.97 Å². The Morgan fingerprint density at radius 3 is 2.53 bits per heavy atom. The fourth-order valence-electron chi connectivity index (χ4n) is 2.35. The van der Waals surface area contributed by atoms with Crippen molar-refractivity contribution in [3.05, 3.63) is 0 Å². The highest BCUT2D eigenvalue weighted by atomic mass is 16.4. The molecule has 0 spiro atoms. The standard InChI is InChI=1S/C13H26N2O2/c1-13(2,8-12(16)17)10-14-9-11-4-6-15(3)7-5-11/h11,14H,4-10H2,1-3H3,(H,16,17). The minimum Gasteiger partial charge on any atom is -0.481 e. The quantitative estimate of drug-likeness (QED) is 0.739. The zero-order valence-electron chi connectivity index (χ0n) is 11.3. The van der Waals surface area contributed by atoms with Crippen LogP contribution in [0.2, 0.25) is 0 Å². The van der Waals surface area contributed by atoms with Gasteiger partial charge in [-0.05, 0) is 50.9 Å². The Kier molecular flexibility index (Phi) is 5.40. The van der Waals surface area contributed by atoms with Crippen molar-refractivity contribution in [2.24, 2.45) is 11.3 Å². The normalized spacial score (nSPS) is 19.5. The number of nitrogens with zero attached hydrogens (tertiary/aromatic N) is 1. The van der Waals surface area contributed by atoms with Gasteiger partial charge in [-0.15, -0.1) is 0 Å².